The zero-order valence-electron chi connectivity index (χ0n) is 12.6. The molecule has 0 heterocycles. The van der Waals surface area contributed by atoms with Crippen LogP contribution in [-0.4, -0.2) is 11.1 Å². The van der Waals surface area contributed by atoms with Crippen LogP contribution in [0.15, 0.2) is 18.2 Å². The monoisotopic (exact) mass is 306 g/mol. The van der Waals surface area contributed by atoms with E-state index in [2.05, 4.69) is 13.0 Å². The van der Waals surface area contributed by atoms with Crippen LogP contribution < -0.4 is 0 Å². The molecule has 0 aliphatic heterocycles. The van der Waals surface area contributed by atoms with Crippen molar-refractivity contribution < 1.29 is 9.90 Å². The third-order valence-corrected chi connectivity index (χ3v) is 5.95. The van der Waals surface area contributed by atoms with Crippen molar-refractivity contribution in [2.24, 2.45) is 5.92 Å². The second-order valence-electron chi connectivity index (χ2n) is 6.93. The molecule has 2 nitrogen and oxygen atoms in total. The van der Waals surface area contributed by atoms with Crippen LogP contribution in [0.1, 0.15) is 68.9 Å². The third-order valence-electron chi connectivity index (χ3n) is 5.63. The highest BCUT2D eigenvalue weighted by atomic mass is 35.5. The van der Waals surface area contributed by atoms with Crippen molar-refractivity contribution in [1.29, 1.82) is 0 Å². The Morgan fingerprint density at radius 2 is 1.90 bits per heavy atom. The van der Waals surface area contributed by atoms with Crippen molar-refractivity contribution in [2.45, 2.75) is 63.2 Å². The molecule has 3 rings (SSSR count). The summed E-state index contributed by atoms with van der Waals surface area (Å²) in [4.78, 5) is 11.6. The van der Waals surface area contributed by atoms with Crippen LogP contribution in [0.3, 0.4) is 0 Å². The highest BCUT2D eigenvalue weighted by Crippen LogP contribution is 2.46. The first-order chi connectivity index (χ1) is 10.0. The van der Waals surface area contributed by atoms with E-state index in [4.69, 9.17) is 11.6 Å². The van der Waals surface area contributed by atoms with Gasteiger partial charge in [-0.2, -0.15) is 0 Å². The summed E-state index contributed by atoms with van der Waals surface area (Å²) in [7, 11) is 0. The van der Waals surface area contributed by atoms with Gasteiger partial charge in [0.05, 0.1) is 5.41 Å². The van der Waals surface area contributed by atoms with E-state index in [1.54, 1.807) is 0 Å². The SMILES string of the molecule is CC1CCC(c2ccc(C3(C(=O)O)CCC3)cc2Cl)CC1. The van der Waals surface area contributed by atoms with Crippen molar-refractivity contribution in [3.63, 3.8) is 0 Å². The predicted octanol–water partition coefficient (Wildman–Crippen LogP) is 5.14. The molecular weight excluding hydrogens is 284 g/mol. The largest absolute Gasteiger partial charge is 0.481 e. The van der Waals surface area contributed by atoms with Crippen LogP contribution in [-0.2, 0) is 10.2 Å². The summed E-state index contributed by atoms with van der Waals surface area (Å²) >= 11 is 6.50. The molecule has 3 heteroatoms. The zero-order valence-corrected chi connectivity index (χ0v) is 13.3. The molecule has 2 aliphatic carbocycles. The molecule has 0 amide bonds. The summed E-state index contributed by atoms with van der Waals surface area (Å²) in [5.41, 5.74) is 1.43. The molecule has 0 bridgehead atoms. The topological polar surface area (TPSA) is 37.3 Å². The fourth-order valence-electron chi connectivity index (χ4n) is 3.88. The standard InChI is InChI=1S/C18H23ClO2/c1-12-3-5-13(6-4-12)15-8-7-14(11-16(15)19)18(17(20)21)9-2-10-18/h7-8,11-13H,2-6,9-10H2,1H3,(H,20,21). The highest BCUT2D eigenvalue weighted by Gasteiger charge is 2.46. The second kappa shape index (κ2) is 5.64. The summed E-state index contributed by atoms with van der Waals surface area (Å²) in [6, 6.07) is 6.01. The van der Waals surface area contributed by atoms with Gasteiger partial charge in [0.2, 0.25) is 0 Å². The zero-order chi connectivity index (χ0) is 15.0. The number of halogens is 1. The van der Waals surface area contributed by atoms with Crippen molar-refractivity contribution in [1.82, 2.24) is 0 Å². The van der Waals surface area contributed by atoms with Crippen molar-refractivity contribution in [3.8, 4) is 0 Å². The minimum absolute atomic E-state index is 0.546. The second-order valence-corrected chi connectivity index (χ2v) is 7.34. The third kappa shape index (κ3) is 2.59. The molecule has 1 aromatic carbocycles. The molecule has 1 N–H and O–H groups in total. The van der Waals surface area contributed by atoms with Gasteiger partial charge in [-0.1, -0.05) is 49.9 Å². The molecule has 0 atom stereocenters. The first-order valence-electron chi connectivity index (χ1n) is 8.06. The fraction of sp³-hybridized carbons (Fsp3) is 0.611. The average molecular weight is 307 g/mol. The lowest BCUT2D eigenvalue weighted by molar-refractivity contribution is -0.147. The first-order valence-corrected chi connectivity index (χ1v) is 8.44. The van der Waals surface area contributed by atoms with Crippen molar-refractivity contribution in [3.05, 3.63) is 34.3 Å². The summed E-state index contributed by atoms with van der Waals surface area (Å²) in [5, 5.41) is 10.3. The molecule has 0 aromatic heterocycles. The number of carboxylic acids is 1. The summed E-state index contributed by atoms with van der Waals surface area (Å²) in [6.45, 7) is 2.31. The van der Waals surface area contributed by atoms with Gasteiger partial charge in [-0.15, -0.1) is 0 Å². The smallest absolute Gasteiger partial charge is 0.314 e. The highest BCUT2D eigenvalue weighted by molar-refractivity contribution is 6.31. The minimum Gasteiger partial charge on any atom is -0.481 e. The van der Waals surface area contributed by atoms with Crippen LogP contribution >= 0.6 is 11.6 Å². The molecule has 1 aromatic rings. The Bertz CT molecular complexity index is 540. The number of carbonyl (C=O) groups is 1. The van der Waals surface area contributed by atoms with Crippen LogP contribution in [0, 0.1) is 5.92 Å². The van der Waals surface area contributed by atoms with E-state index in [0.717, 1.165) is 35.8 Å². The number of hydrogen-bond acceptors (Lipinski definition) is 1. The van der Waals surface area contributed by atoms with Gasteiger partial charge in [0, 0.05) is 5.02 Å². The molecule has 2 saturated carbocycles. The van der Waals surface area contributed by atoms with E-state index in [9.17, 15) is 9.90 Å². The molecule has 21 heavy (non-hydrogen) atoms. The van der Waals surface area contributed by atoms with E-state index >= 15 is 0 Å². The van der Waals surface area contributed by atoms with Crippen LogP contribution in [0.5, 0.6) is 0 Å². The van der Waals surface area contributed by atoms with Gasteiger partial charge in [0.1, 0.15) is 0 Å². The number of rotatable bonds is 3. The quantitative estimate of drug-likeness (QED) is 0.839. The Balaban J connectivity index is 1.85. The van der Waals surface area contributed by atoms with E-state index in [-0.39, 0.29) is 0 Å². The van der Waals surface area contributed by atoms with Crippen LogP contribution in [0.2, 0.25) is 5.02 Å². The molecule has 0 saturated heterocycles. The van der Waals surface area contributed by atoms with Crippen molar-refractivity contribution >= 4 is 17.6 Å². The molecule has 2 fully saturated rings. The molecule has 0 radical (unpaired) electrons. The molecular formula is C18H23ClO2. The van der Waals surface area contributed by atoms with Gasteiger partial charge in [-0.3, -0.25) is 4.79 Å². The van der Waals surface area contributed by atoms with Gasteiger partial charge < -0.3 is 5.11 Å². The number of aliphatic carboxylic acids is 1. The maximum absolute atomic E-state index is 11.6. The average Bonchev–Trinajstić information content (AvgIpc) is 2.38. The number of carboxylic acid groups (broad SMARTS) is 1. The predicted molar refractivity (Wildman–Crippen MR) is 85.0 cm³/mol. The van der Waals surface area contributed by atoms with Crippen LogP contribution in [0.25, 0.3) is 0 Å². The Morgan fingerprint density at radius 1 is 1.24 bits per heavy atom. The van der Waals surface area contributed by atoms with Crippen molar-refractivity contribution in [2.75, 3.05) is 0 Å². The maximum atomic E-state index is 11.6. The summed E-state index contributed by atoms with van der Waals surface area (Å²) in [5.74, 6) is 0.665. The Morgan fingerprint density at radius 3 is 2.38 bits per heavy atom. The van der Waals surface area contributed by atoms with Crippen LogP contribution in [0.4, 0.5) is 0 Å². The van der Waals surface area contributed by atoms with E-state index < -0.39 is 11.4 Å². The molecule has 0 unspecified atom stereocenters. The minimum atomic E-state index is -0.705. The summed E-state index contributed by atoms with van der Waals surface area (Å²) < 4.78 is 0. The lowest BCUT2D eigenvalue weighted by atomic mass is 9.64. The van der Waals surface area contributed by atoms with E-state index in [1.165, 1.54) is 31.2 Å². The van der Waals surface area contributed by atoms with Gasteiger partial charge in [0.15, 0.2) is 0 Å². The lowest BCUT2D eigenvalue weighted by Crippen LogP contribution is -2.42. The Labute approximate surface area is 131 Å². The van der Waals surface area contributed by atoms with Gasteiger partial charge in [0.25, 0.3) is 0 Å². The summed E-state index contributed by atoms with van der Waals surface area (Å²) in [6.07, 6.45) is 7.39. The van der Waals surface area contributed by atoms with Gasteiger partial charge >= 0.3 is 5.97 Å². The Hall–Kier alpha value is -1.02. The number of hydrogen-bond donors (Lipinski definition) is 1. The van der Waals surface area contributed by atoms with Gasteiger partial charge in [-0.05, 0) is 54.7 Å². The molecule has 0 spiro atoms. The molecule has 2 aliphatic rings. The van der Waals surface area contributed by atoms with Gasteiger partial charge in [-0.25, -0.2) is 0 Å². The number of benzene rings is 1. The van der Waals surface area contributed by atoms with E-state index in [1.807, 2.05) is 12.1 Å². The maximum Gasteiger partial charge on any atom is 0.314 e. The van der Waals surface area contributed by atoms with E-state index in [0.29, 0.717) is 5.92 Å². The lowest BCUT2D eigenvalue weighted by Gasteiger charge is -2.38. The normalized spacial score (nSPS) is 27.9. The Kier molecular flexibility index (Phi) is 4.00. The first kappa shape index (κ1) is 14.9. The fourth-order valence-corrected chi connectivity index (χ4v) is 4.22. The molecule has 114 valence electrons.